The number of amides is 2. The lowest BCUT2D eigenvalue weighted by Crippen LogP contribution is -2.47. The molecule has 0 aliphatic carbocycles. The molecule has 0 bridgehead atoms. The summed E-state index contributed by atoms with van der Waals surface area (Å²) in [4.78, 5) is 27.3. The molecule has 1 N–H and O–H groups in total. The van der Waals surface area contributed by atoms with Crippen LogP contribution >= 0.6 is 0 Å². The van der Waals surface area contributed by atoms with Gasteiger partial charge in [-0.25, -0.2) is 12.7 Å². The summed E-state index contributed by atoms with van der Waals surface area (Å²) in [7, 11) is -2.09. The minimum absolute atomic E-state index is 0.146. The molecule has 32 heavy (non-hydrogen) atoms. The molecule has 0 unspecified atom stereocenters. The lowest BCUT2D eigenvalue weighted by Gasteiger charge is -2.29. The predicted molar refractivity (Wildman–Crippen MR) is 125 cm³/mol. The Bertz CT molecular complexity index is 965. The van der Waals surface area contributed by atoms with Crippen LogP contribution in [0.25, 0.3) is 0 Å². The quantitative estimate of drug-likeness (QED) is 0.529. The van der Waals surface area contributed by atoms with E-state index in [-0.39, 0.29) is 29.7 Å². The van der Waals surface area contributed by atoms with Gasteiger partial charge in [-0.05, 0) is 37.5 Å². The smallest absolute Gasteiger partial charge is 0.242 e. The number of nitrogens with one attached hydrogen (secondary N) is 1. The molecular formula is C24H33N3O4S. The van der Waals surface area contributed by atoms with E-state index in [4.69, 9.17) is 0 Å². The van der Waals surface area contributed by atoms with Gasteiger partial charge in [-0.3, -0.25) is 9.59 Å². The van der Waals surface area contributed by atoms with E-state index in [9.17, 15) is 18.0 Å². The molecule has 0 fully saturated rings. The summed E-state index contributed by atoms with van der Waals surface area (Å²) in [5, 5.41) is 2.85. The second-order valence-electron chi connectivity index (χ2n) is 7.72. The first-order valence-corrected chi connectivity index (χ1v) is 12.3. The first-order valence-electron chi connectivity index (χ1n) is 10.9. The van der Waals surface area contributed by atoms with Gasteiger partial charge in [0.1, 0.15) is 6.04 Å². The molecule has 0 aliphatic heterocycles. The molecule has 0 aliphatic rings. The average Bonchev–Trinajstić information content (AvgIpc) is 2.81. The van der Waals surface area contributed by atoms with E-state index in [0.717, 1.165) is 12.0 Å². The van der Waals surface area contributed by atoms with Crippen molar-refractivity contribution >= 4 is 21.8 Å². The Balaban J connectivity index is 2.03. The SMILES string of the molecule is CCCNC(=O)[C@@H](C)N(Cc1ccccc1)C(=O)CCCN(C)S(=O)(=O)c1ccccc1. The summed E-state index contributed by atoms with van der Waals surface area (Å²) in [6.45, 7) is 4.77. The van der Waals surface area contributed by atoms with Crippen molar-refractivity contribution in [1.82, 2.24) is 14.5 Å². The summed E-state index contributed by atoms with van der Waals surface area (Å²) in [5.74, 6) is -0.376. The van der Waals surface area contributed by atoms with E-state index in [0.29, 0.717) is 19.5 Å². The highest BCUT2D eigenvalue weighted by molar-refractivity contribution is 7.89. The number of hydrogen-bond donors (Lipinski definition) is 1. The van der Waals surface area contributed by atoms with E-state index in [2.05, 4.69) is 5.32 Å². The third-order valence-corrected chi connectivity index (χ3v) is 7.10. The lowest BCUT2D eigenvalue weighted by atomic mass is 10.1. The topological polar surface area (TPSA) is 86.8 Å². The zero-order valence-corrected chi connectivity index (χ0v) is 19.8. The molecule has 0 heterocycles. The normalized spacial score (nSPS) is 12.4. The second-order valence-corrected chi connectivity index (χ2v) is 9.76. The summed E-state index contributed by atoms with van der Waals surface area (Å²) in [6.07, 6.45) is 1.32. The molecule has 0 saturated heterocycles. The van der Waals surface area contributed by atoms with E-state index in [1.165, 1.54) is 11.4 Å². The number of rotatable bonds is 12. The van der Waals surface area contributed by atoms with Crippen molar-refractivity contribution in [3.63, 3.8) is 0 Å². The third-order valence-electron chi connectivity index (χ3n) is 5.23. The summed E-state index contributed by atoms with van der Waals surface area (Å²) < 4.78 is 26.6. The van der Waals surface area contributed by atoms with Crippen LogP contribution in [0.15, 0.2) is 65.6 Å². The van der Waals surface area contributed by atoms with Gasteiger partial charge in [0.2, 0.25) is 21.8 Å². The van der Waals surface area contributed by atoms with Gasteiger partial charge in [-0.15, -0.1) is 0 Å². The molecule has 8 heteroatoms. The van der Waals surface area contributed by atoms with Crippen molar-refractivity contribution in [3.8, 4) is 0 Å². The average molecular weight is 460 g/mol. The standard InChI is InChI=1S/C24H33N3O4S/c1-4-17-25-24(29)20(2)27(19-21-12-7-5-8-13-21)23(28)16-11-18-26(3)32(30,31)22-14-9-6-10-15-22/h5-10,12-15,20H,4,11,16-19H2,1-3H3,(H,25,29)/t20-/m1/s1. The molecule has 7 nitrogen and oxygen atoms in total. The molecule has 0 radical (unpaired) electrons. The maximum Gasteiger partial charge on any atom is 0.242 e. The van der Waals surface area contributed by atoms with E-state index in [1.807, 2.05) is 37.3 Å². The Kier molecular flexibility index (Phi) is 9.87. The van der Waals surface area contributed by atoms with Gasteiger partial charge in [0, 0.05) is 33.1 Å². The highest BCUT2D eigenvalue weighted by atomic mass is 32.2. The first-order chi connectivity index (χ1) is 15.3. The minimum atomic E-state index is -3.60. The fourth-order valence-electron chi connectivity index (χ4n) is 3.25. The fourth-order valence-corrected chi connectivity index (χ4v) is 4.48. The van der Waals surface area contributed by atoms with Crippen LogP contribution in [0.4, 0.5) is 0 Å². The Morgan fingerprint density at radius 3 is 2.19 bits per heavy atom. The summed E-state index contributed by atoms with van der Waals surface area (Å²) >= 11 is 0. The van der Waals surface area contributed by atoms with Gasteiger partial charge in [0.15, 0.2) is 0 Å². The maximum atomic E-state index is 13.0. The van der Waals surface area contributed by atoms with Crippen LogP contribution in [0.2, 0.25) is 0 Å². The number of carbonyl (C=O) groups is 2. The molecule has 0 spiro atoms. The highest BCUT2D eigenvalue weighted by Crippen LogP contribution is 2.16. The molecule has 1 atom stereocenters. The third kappa shape index (κ3) is 7.17. The summed E-state index contributed by atoms with van der Waals surface area (Å²) in [6, 6.07) is 17.1. The molecule has 0 aromatic heterocycles. The summed E-state index contributed by atoms with van der Waals surface area (Å²) in [5.41, 5.74) is 0.930. The minimum Gasteiger partial charge on any atom is -0.354 e. The molecule has 2 aromatic rings. The fraction of sp³-hybridized carbons (Fsp3) is 0.417. The maximum absolute atomic E-state index is 13.0. The number of hydrogen-bond acceptors (Lipinski definition) is 4. The number of carbonyl (C=O) groups excluding carboxylic acids is 2. The number of sulfonamides is 1. The van der Waals surface area contributed by atoms with E-state index in [1.54, 1.807) is 42.2 Å². The van der Waals surface area contributed by atoms with Crippen molar-refractivity contribution < 1.29 is 18.0 Å². The van der Waals surface area contributed by atoms with Crippen LogP contribution in [0.5, 0.6) is 0 Å². The van der Waals surface area contributed by atoms with Crippen LogP contribution in [0.3, 0.4) is 0 Å². The second kappa shape index (κ2) is 12.4. The zero-order chi connectivity index (χ0) is 23.6. The van der Waals surface area contributed by atoms with E-state index < -0.39 is 16.1 Å². The van der Waals surface area contributed by atoms with Crippen molar-refractivity contribution in [3.05, 3.63) is 66.2 Å². The van der Waals surface area contributed by atoms with Gasteiger partial charge in [-0.1, -0.05) is 55.5 Å². The Morgan fingerprint density at radius 2 is 1.59 bits per heavy atom. The van der Waals surface area contributed by atoms with Crippen LogP contribution in [0.1, 0.15) is 38.7 Å². The number of nitrogens with zero attached hydrogens (tertiary/aromatic N) is 2. The van der Waals surface area contributed by atoms with Crippen molar-refractivity contribution in [2.24, 2.45) is 0 Å². The van der Waals surface area contributed by atoms with Crippen LogP contribution in [-0.4, -0.2) is 55.6 Å². The lowest BCUT2D eigenvalue weighted by molar-refractivity contribution is -0.140. The zero-order valence-electron chi connectivity index (χ0n) is 19.0. The molecular weight excluding hydrogens is 426 g/mol. The predicted octanol–water partition coefficient (Wildman–Crippen LogP) is 3.03. The Morgan fingerprint density at radius 1 is 1.00 bits per heavy atom. The van der Waals surface area contributed by atoms with Crippen LogP contribution in [0, 0.1) is 0 Å². The Labute approximate surface area is 191 Å². The van der Waals surface area contributed by atoms with Gasteiger partial charge in [-0.2, -0.15) is 0 Å². The largest absolute Gasteiger partial charge is 0.354 e. The Hall–Kier alpha value is -2.71. The van der Waals surface area contributed by atoms with E-state index >= 15 is 0 Å². The molecule has 2 amide bonds. The molecule has 174 valence electrons. The first kappa shape index (κ1) is 25.5. The van der Waals surface area contributed by atoms with Crippen molar-refractivity contribution in [2.75, 3.05) is 20.1 Å². The molecule has 2 aromatic carbocycles. The molecule has 2 rings (SSSR count). The van der Waals surface area contributed by atoms with Crippen LogP contribution in [-0.2, 0) is 26.2 Å². The van der Waals surface area contributed by atoms with Crippen molar-refractivity contribution in [2.45, 2.75) is 50.6 Å². The van der Waals surface area contributed by atoms with Crippen LogP contribution < -0.4 is 5.32 Å². The van der Waals surface area contributed by atoms with Gasteiger partial charge in [0.05, 0.1) is 4.90 Å². The van der Waals surface area contributed by atoms with Gasteiger partial charge in [0.25, 0.3) is 0 Å². The monoisotopic (exact) mass is 459 g/mol. The molecule has 0 saturated carbocycles. The highest BCUT2D eigenvalue weighted by Gasteiger charge is 2.26. The number of benzene rings is 2. The van der Waals surface area contributed by atoms with Crippen molar-refractivity contribution in [1.29, 1.82) is 0 Å². The van der Waals surface area contributed by atoms with Gasteiger partial charge >= 0.3 is 0 Å². The van der Waals surface area contributed by atoms with Gasteiger partial charge < -0.3 is 10.2 Å².